The number of nitrogens with zero attached hydrogens (tertiary/aromatic N) is 3. The van der Waals surface area contributed by atoms with Gasteiger partial charge in [-0.1, -0.05) is 29.8 Å². The van der Waals surface area contributed by atoms with Crippen molar-refractivity contribution in [2.45, 2.75) is 19.0 Å². The molecule has 2 amide bonds. The van der Waals surface area contributed by atoms with Crippen LogP contribution in [0.1, 0.15) is 21.6 Å². The first-order valence-electron chi connectivity index (χ1n) is 9.49. The number of aromatic nitrogens is 1. The van der Waals surface area contributed by atoms with E-state index in [1.165, 1.54) is 18.2 Å². The molecular weight excluding hydrogens is 427 g/mol. The van der Waals surface area contributed by atoms with E-state index >= 15 is 0 Å². The summed E-state index contributed by atoms with van der Waals surface area (Å²) in [5.74, 6) is -0.630. The molecule has 0 radical (unpaired) electrons. The lowest BCUT2D eigenvalue weighted by Gasteiger charge is -2.46. The molecule has 0 unspecified atom stereocenters. The second-order valence-electron chi connectivity index (χ2n) is 7.36. The van der Waals surface area contributed by atoms with Crippen LogP contribution < -0.4 is 5.32 Å². The maximum absolute atomic E-state index is 12.8. The average molecular weight is 447 g/mol. The van der Waals surface area contributed by atoms with Gasteiger partial charge in [0.2, 0.25) is 5.91 Å². The number of rotatable bonds is 4. The number of likely N-dealkylation sites (tertiary alicyclic amines) is 1. The third kappa shape index (κ3) is 3.88. The van der Waals surface area contributed by atoms with E-state index in [0.29, 0.717) is 37.8 Å². The molecule has 2 aliphatic heterocycles. The number of anilines is 1. The number of amides is 2. The predicted octanol–water partition coefficient (Wildman–Crippen LogP) is 3.10. The second kappa shape index (κ2) is 8.26. The number of nitrogens with one attached hydrogen (secondary N) is 1. The van der Waals surface area contributed by atoms with E-state index in [0.717, 1.165) is 17.7 Å². The highest BCUT2D eigenvalue weighted by molar-refractivity contribution is 6.42. The summed E-state index contributed by atoms with van der Waals surface area (Å²) in [5.41, 5.74) is 2.43. The number of phenols is 1. The number of hydrogen-bond acceptors (Lipinski definition) is 5. The van der Waals surface area contributed by atoms with Gasteiger partial charge in [-0.3, -0.25) is 19.5 Å². The minimum absolute atomic E-state index is 0.0441. The van der Waals surface area contributed by atoms with Crippen molar-refractivity contribution in [3.8, 4) is 5.75 Å². The highest BCUT2D eigenvalue weighted by Crippen LogP contribution is 2.34. The molecular formula is C21H20Cl2N4O3. The van der Waals surface area contributed by atoms with Crippen molar-refractivity contribution in [2.24, 2.45) is 0 Å². The van der Waals surface area contributed by atoms with Gasteiger partial charge in [0.05, 0.1) is 15.7 Å². The number of hydrogen-bond donors (Lipinski definition) is 2. The topological polar surface area (TPSA) is 85.8 Å². The number of carbonyl (C=O) groups is 2. The Hall–Kier alpha value is -2.61. The molecule has 3 heterocycles. The fourth-order valence-electron chi connectivity index (χ4n) is 3.83. The van der Waals surface area contributed by atoms with Crippen LogP contribution in [0.25, 0.3) is 0 Å². The fourth-order valence-corrected chi connectivity index (χ4v) is 4.15. The van der Waals surface area contributed by atoms with E-state index in [1.807, 2.05) is 6.07 Å². The van der Waals surface area contributed by atoms with E-state index in [-0.39, 0.29) is 27.4 Å². The van der Waals surface area contributed by atoms with E-state index in [4.69, 9.17) is 23.2 Å². The van der Waals surface area contributed by atoms with E-state index < -0.39 is 5.91 Å². The summed E-state index contributed by atoms with van der Waals surface area (Å²) in [7, 11) is 0. The van der Waals surface area contributed by atoms with Gasteiger partial charge >= 0.3 is 0 Å². The molecule has 1 aromatic carbocycles. The van der Waals surface area contributed by atoms with Gasteiger partial charge in [0.15, 0.2) is 0 Å². The Bertz CT molecular complexity index is 1040. The van der Waals surface area contributed by atoms with Gasteiger partial charge in [-0.25, -0.2) is 0 Å². The normalized spacial score (nSPS) is 16.5. The van der Waals surface area contributed by atoms with Gasteiger partial charge < -0.3 is 15.3 Å². The minimum atomic E-state index is -0.416. The highest BCUT2D eigenvalue weighted by atomic mass is 35.5. The predicted molar refractivity (Wildman–Crippen MR) is 115 cm³/mol. The molecule has 0 bridgehead atoms. The van der Waals surface area contributed by atoms with Gasteiger partial charge in [0, 0.05) is 44.5 Å². The first-order valence-corrected chi connectivity index (χ1v) is 10.2. The van der Waals surface area contributed by atoms with Gasteiger partial charge in [0.25, 0.3) is 5.91 Å². The van der Waals surface area contributed by atoms with Crippen LogP contribution in [-0.4, -0.2) is 57.4 Å². The van der Waals surface area contributed by atoms with Crippen molar-refractivity contribution in [1.82, 2.24) is 14.8 Å². The smallest absolute Gasteiger partial charge is 0.274 e. The number of halogens is 2. The highest BCUT2D eigenvalue weighted by Gasteiger charge is 2.36. The molecule has 0 aliphatic carbocycles. The van der Waals surface area contributed by atoms with E-state index in [1.54, 1.807) is 11.1 Å². The van der Waals surface area contributed by atoms with Crippen LogP contribution in [0.3, 0.4) is 0 Å². The molecule has 2 N–H and O–H groups in total. The molecule has 1 saturated heterocycles. The Labute approximate surface area is 183 Å². The van der Waals surface area contributed by atoms with Crippen molar-refractivity contribution in [1.29, 1.82) is 0 Å². The minimum Gasteiger partial charge on any atom is -0.506 e. The Morgan fingerprint density at radius 1 is 1.27 bits per heavy atom. The van der Waals surface area contributed by atoms with Gasteiger partial charge in [-0.2, -0.15) is 0 Å². The molecule has 1 fully saturated rings. The van der Waals surface area contributed by atoms with Crippen LogP contribution in [0.5, 0.6) is 5.75 Å². The zero-order chi connectivity index (χ0) is 21.4. The van der Waals surface area contributed by atoms with Crippen molar-refractivity contribution in [2.75, 3.05) is 25.0 Å². The third-order valence-electron chi connectivity index (χ3n) is 5.54. The van der Waals surface area contributed by atoms with E-state index in [9.17, 15) is 14.7 Å². The molecule has 9 heteroatoms. The molecule has 7 nitrogen and oxygen atoms in total. The summed E-state index contributed by atoms with van der Waals surface area (Å²) in [6.07, 6.45) is 3.62. The number of benzene rings is 1. The summed E-state index contributed by atoms with van der Waals surface area (Å²) >= 11 is 11.9. The van der Waals surface area contributed by atoms with Crippen molar-refractivity contribution in [3.63, 3.8) is 0 Å². The summed E-state index contributed by atoms with van der Waals surface area (Å²) in [6.45, 7) is 6.37. The molecule has 0 saturated carbocycles. The quantitative estimate of drug-likeness (QED) is 0.556. The molecule has 4 rings (SSSR count). The monoisotopic (exact) mass is 446 g/mol. The Morgan fingerprint density at radius 2 is 2.00 bits per heavy atom. The molecule has 156 valence electrons. The van der Waals surface area contributed by atoms with Gasteiger partial charge in [0.1, 0.15) is 11.4 Å². The number of phenolic OH excluding ortho intramolecular Hbond substituents is 1. The van der Waals surface area contributed by atoms with Gasteiger partial charge in [-0.05, 0) is 35.8 Å². The molecule has 1 aromatic heterocycles. The number of aromatic hydroxyl groups is 1. The molecule has 0 spiro atoms. The van der Waals surface area contributed by atoms with Crippen LogP contribution in [0.15, 0.2) is 37.1 Å². The number of carbonyl (C=O) groups excluding carboxylic acids is 2. The zero-order valence-corrected chi connectivity index (χ0v) is 17.6. The van der Waals surface area contributed by atoms with Crippen molar-refractivity contribution in [3.05, 3.63) is 63.9 Å². The lowest BCUT2D eigenvalue weighted by Crippen LogP contribution is -2.61. The lowest BCUT2D eigenvalue weighted by atomic mass is 9.95. The van der Waals surface area contributed by atoms with Crippen molar-refractivity contribution >= 4 is 40.7 Å². The average Bonchev–Trinajstić information content (AvgIpc) is 2.70. The second-order valence-corrected chi connectivity index (χ2v) is 8.17. The number of fused-ring (bicyclic) bond motifs is 1. The van der Waals surface area contributed by atoms with Crippen LogP contribution in [0, 0.1) is 0 Å². The van der Waals surface area contributed by atoms with Crippen molar-refractivity contribution < 1.29 is 14.7 Å². The number of pyridine rings is 1. The summed E-state index contributed by atoms with van der Waals surface area (Å²) < 4.78 is 0. The summed E-state index contributed by atoms with van der Waals surface area (Å²) in [5, 5.41) is 13.1. The zero-order valence-electron chi connectivity index (χ0n) is 16.1. The largest absolute Gasteiger partial charge is 0.506 e. The third-order valence-corrected chi connectivity index (χ3v) is 6.26. The maximum Gasteiger partial charge on any atom is 0.274 e. The summed E-state index contributed by atoms with van der Waals surface area (Å²) in [4.78, 5) is 32.9. The van der Waals surface area contributed by atoms with E-state index in [2.05, 4.69) is 21.8 Å². The van der Waals surface area contributed by atoms with Crippen LogP contribution in [-0.2, 0) is 17.8 Å². The SMILES string of the molecule is C=CC(=O)N1CC(N2CCc3c(ccnc3C(=O)Nc3cc(Cl)c(Cl)cc3O)C2)C1. The Balaban J connectivity index is 1.48. The first kappa shape index (κ1) is 20.7. The molecule has 2 aromatic rings. The Morgan fingerprint density at radius 3 is 2.73 bits per heavy atom. The fraction of sp³-hybridized carbons (Fsp3) is 0.286. The van der Waals surface area contributed by atoms with Crippen LogP contribution in [0.2, 0.25) is 10.0 Å². The standard InChI is InChI=1S/C21H20Cl2N4O3/c1-2-19(29)27-10-13(11-27)26-6-4-14-12(9-26)3-5-24-20(14)21(30)25-17-7-15(22)16(23)8-18(17)28/h2-3,5,7-8,13,28H,1,4,6,9-11H2,(H,25,30). The maximum atomic E-state index is 12.8. The molecule has 0 atom stereocenters. The first-order chi connectivity index (χ1) is 14.4. The Kier molecular flexibility index (Phi) is 5.69. The molecule has 2 aliphatic rings. The lowest BCUT2D eigenvalue weighted by molar-refractivity contribution is -0.133. The van der Waals surface area contributed by atoms with Crippen LogP contribution >= 0.6 is 23.2 Å². The summed E-state index contributed by atoms with van der Waals surface area (Å²) in [6, 6.07) is 4.91. The van der Waals surface area contributed by atoms with Gasteiger partial charge in [-0.15, -0.1) is 0 Å². The van der Waals surface area contributed by atoms with Crippen LogP contribution in [0.4, 0.5) is 5.69 Å². The molecule has 30 heavy (non-hydrogen) atoms.